The van der Waals surface area contributed by atoms with Gasteiger partial charge < -0.3 is 10.0 Å². The van der Waals surface area contributed by atoms with E-state index >= 15 is 0 Å². The van der Waals surface area contributed by atoms with Crippen molar-refractivity contribution in [1.29, 1.82) is 0 Å². The molecule has 5 nitrogen and oxygen atoms in total. The molecule has 1 aliphatic heterocycles. The molecule has 0 aliphatic carbocycles. The number of hydrogen-bond acceptors (Lipinski definition) is 3. The van der Waals surface area contributed by atoms with Crippen molar-refractivity contribution in [2.45, 2.75) is 39.5 Å². The molecule has 1 rings (SSSR count). The van der Waals surface area contributed by atoms with Crippen LogP contribution in [0.1, 0.15) is 39.5 Å². The van der Waals surface area contributed by atoms with Crippen molar-refractivity contribution in [3.05, 3.63) is 0 Å². The van der Waals surface area contributed by atoms with Gasteiger partial charge in [0.05, 0.1) is 6.54 Å². The molecule has 0 aromatic rings. The minimum absolute atomic E-state index is 0.203. The number of carbonyl (C=O) groups excluding carboxylic acids is 1. The third kappa shape index (κ3) is 5.59. The zero-order valence-corrected chi connectivity index (χ0v) is 12.1. The highest BCUT2D eigenvalue weighted by Gasteiger charge is 2.22. The lowest BCUT2D eigenvalue weighted by Gasteiger charge is -2.32. The van der Waals surface area contributed by atoms with Crippen molar-refractivity contribution >= 4 is 11.9 Å². The standard InChI is InChI=1S/C14H26N2O3/c1-3-16(4-2)13(17)11-15-9-7-12(8-10-15)5-6-14(18)19/h12H,3-11H2,1-2H3,(H,18,19). The average Bonchev–Trinajstić information content (AvgIpc) is 2.39. The van der Waals surface area contributed by atoms with E-state index < -0.39 is 5.97 Å². The number of carboxylic acids is 1. The van der Waals surface area contributed by atoms with Gasteiger partial charge in [-0.25, -0.2) is 0 Å². The highest BCUT2D eigenvalue weighted by Crippen LogP contribution is 2.21. The van der Waals surface area contributed by atoms with E-state index in [4.69, 9.17) is 5.11 Å². The van der Waals surface area contributed by atoms with Gasteiger partial charge in [-0.05, 0) is 52.1 Å². The Hall–Kier alpha value is -1.10. The van der Waals surface area contributed by atoms with Crippen LogP contribution < -0.4 is 0 Å². The van der Waals surface area contributed by atoms with Crippen molar-refractivity contribution in [3.63, 3.8) is 0 Å². The number of carbonyl (C=O) groups is 2. The zero-order chi connectivity index (χ0) is 14.3. The second kappa shape index (κ2) is 8.15. The molecular formula is C14H26N2O3. The van der Waals surface area contributed by atoms with Gasteiger partial charge in [0.2, 0.25) is 5.91 Å². The molecule has 1 fully saturated rings. The second-order valence-corrected chi connectivity index (χ2v) is 5.22. The van der Waals surface area contributed by atoms with Gasteiger partial charge >= 0.3 is 5.97 Å². The zero-order valence-electron chi connectivity index (χ0n) is 12.1. The Bertz CT molecular complexity index is 295. The van der Waals surface area contributed by atoms with E-state index in [0.717, 1.165) is 45.4 Å². The molecule has 19 heavy (non-hydrogen) atoms. The lowest BCUT2D eigenvalue weighted by Crippen LogP contribution is -2.43. The second-order valence-electron chi connectivity index (χ2n) is 5.22. The van der Waals surface area contributed by atoms with Crippen molar-refractivity contribution in [3.8, 4) is 0 Å². The number of carboxylic acid groups (broad SMARTS) is 1. The van der Waals surface area contributed by atoms with E-state index in [-0.39, 0.29) is 12.3 Å². The Balaban J connectivity index is 2.26. The predicted octanol–water partition coefficient (Wildman–Crippen LogP) is 1.43. The van der Waals surface area contributed by atoms with E-state index in [1.54, 1.807) is 0 Å². The molecule has 1 saturated heterocycles. The Morgan fingerprint density at radius 1 is 1.21 bits per heavy atom. The first-order valence-electron chi connectivity index (χ1n) is 7.28. The number of likely N-dealkylation sites (N-methyl/N-ethyl adjacent to an activating group) is 1. The smallest absolute Gasteiger partial charge is 0.303 e. The molecule has 1 amide bonds. The van der Waals surface area contributed by atoms with E-state index in [1.165, 1.54) is 0 Å². The fraction of sp³-hybridized carbons (Fsp3) is 0.857. The molecule has 0 unspecified atom stereocenters. The molecule has 110 valence electrons. The number of nitrogens with zero attached hydrogens (tertiary/aromatic N) is 2. The van der Waals surface area contributed by atoms with Crippen LogP contribution in [-0.2, 0) is 9.59 Å². The first-order valence-corrected chi connectivity index (χ1v) is 7.28. The van der Waals surface area contributed by atoms with Crippen LogP contribution in [0.4, 0.5) is 0 Å². The summed E-state index contributed by atoms with van der Waals surface area (Å²) >= 11 is 0. The molecule has 0 atom stereocenters. The van der Waals surface area contributed by atoms with Gasteiger partial charge in [0.25, 0.3) is 0 Å². The molecule has 1 aliphatic rings. The molecule has 0 radical (unpaired) electrons. The third-order valence-corrected chi connectivity index (χ3v) is 3.95. The number of piperidine rings is 1. The first-order chi connectivity index (χ1) is 9.06. The van der Waals surface area contributed by atoms with Gasteiger partial charge in [-0.2, -0.15) is 0 Å². The van der Waals surface area contributed by atoms with Crippen LogP contribution in [-0.4, -0.2) is 59.5 Å². The lowest BCUT2D eigenvalue weighted by atomic mass is 9.92. The summed E-state index contributed by atoms with van der Waals surface area (Å²) in [6.45, 7) is 7.87. The van der Waals surface area contributed by atoms with Gasteiger partial charge in [-0.1, -0.05) is 0 Å². The van der Waals surface area contributed by atoms with E-state index in [2.05, 4.69) is 4.90 Å². The molecule has 0 spiro atoms. The van der Waals surface area contributed by atoms with Gasteiger partial charge in [0.15, 0.2) is 0 Å². The molecule has 1 heterocycles. The largest absolute Gasteiger partial charge is 0.481 e. The molecule has 1 N–H and O–H groups in total. The van der Waals surface area contributed by atoms with E-state index in [9.17, 15) is 9.59 Å². The van der Waals surface area contributed by atoms with Gasteiger partial charge in [-0.3, -0.25) is 14.5 Å². The normalized spacial score (nSPS) is 17.4. The summed E-state index contributed by atoms with van der Waals surface area (Å²) < 4.78 is 0. The van der Waals surface area contributed by atoms with Crippen LogP contribution in [0.5, 0.6) is 0 Å². The van der Waals surface area contributed by atoms with Crippen LogP contribution >= 0.6 is 0 Å². The fourth-order valence-corrected chi connectivity index (χ4v) is 2.63. The SMILES string of the molecule is CCN(CC)C(=O)CN1CCC(CCC(=O)O)CC1. The summed E-state index contributed by atoms with van der Waals surface area (Å²) in [6, 6.07) is 0. The van der Waals surface area contributed by atoms with Crippen LogP contribution in [0.15, 0.2) is 0 Å². The molecule has 0 saturated carbocycles. The Kier molecular flexibility index (Phi) is 6.84. The average molecular weight is 270 g/mol. The molecular weight excluding hydrogens is 244 g/mol. The molecule has 0 bridgehead atoms. The summed E-state index contributed by atoms with van der Waals surface area (Å²) in [4.78, 5) is 26.6. The maximum Gasteiger partial charge on any atom is 0.303 e. The van der Waals surface area contributed by atoms with Crippen molar-refractivity contribution < 1.29 is 14.7 Å². The maximum atomic E-state index is 12.0. The van der Waals surface area contributed by atoms with Crippen molar-refractivity contribution in [2.24, 2.45) is 5.92 Å². The molecule has 5 heteroatoms. The van der Waals surface area contributed by atoms with E-state index in [0.29, 0.717) is 12.5 Å². The number of aliphatic carboxylic acids is 1. The summed E-state index contributed by atoms with van der Waals surface area (Å²) in [7, 11) is 0. The first kappa shape index (κ1) is 16.0. The number of rotatable bonds is 7. The predicted molar refractivity (Wildman–Crippen MR) is 74.0 cm³/mol. The van der Waals surface area contributed by atoms with Crippen LogP contribution in [0, 0.1) is 5.92 Å². The minimum atomic E-state index is -0.709. The van der Waals surface area contributed by atoms with Crippen molar-refractivity contribution in [1.82, 2.24) is 9.80 Å². The van der Waals surface area contributed by atoms with E-state index in [1.807, 2.05) is 18.7 Å². The lowest BCUT2D eigenvalue weighted by molar-refractivity contribution is -0.137. The third-order valence-electron chi connectivity index (χ3n) is 3.95. The molecule has 0 aromatic carbocycles. The van der Waals surface area contributed by atoms with Crippen molar-refractivity contribution in [2.75, 3.05) is 32.7 Å². The van der Waals surface area contributed by atoms with Gasteiger partial charge in [0.1, 0.15) is 0 Å². The Morgan fingerprint density at radius 3 is 2.26 bits per heavy atom. The minimum Gasteiger partial charge on any atom is -0.481 e. The van der Waals surface area contributed by atoms with Crippen LogP contribution in [0.3, 0.4) is 0 Å². The summed E-state index contributed by atoms with van der Waals surface area (Å²) in [6.07, 6.45) is 3.06. The fourth-order valence-electron chi connectivity index (χ4n) is 2.63. The highest BCUT2D eigenvalue weighted by molar-refractivity contribution is 5.78. The van der Waals surface area contributed by atoms with Gasteiger partial charge in [0, 0.05) is 19.5 Å². The monoisotopic (exact) mass is 270 g/mol. The summed E-state index contributed by atoms with van der Waals surface area (Å²) in [5.74, 6) is 0.00373. The summed E-state index contributed by atoms with van der Waals surface area (Å²) in [5, 5.41) is 8.67. The van der Waals surface area contributed by atoms with Crippen LogP contribution in [0.25, 0.3) is 0 Å². The molecule has 0 aromatic heterocycles. The highest BCUT2D eigenvalue weighted by atomic mass is 16.4. The Morgan fingerprint density at radius 2 is 1.79 bits per heavy atom. The Labute approximate surface area is 115 Å². The van der Waals surface area contributed by atoms with Gasteiger partial charge in [-0.15, -0.1) is 0 Å². The van der Waals surface area contributed by atoms with Crippen LogP contribution in [0.2, 0.25) is 0 Å². The maximum absolute atomic E-state index is 12.0. The summed E-state index contributed by atoms with van der Waals surface area (Å²) in [5.41, 5.74) is 0. The topological polar surface area (TPSA) is 60.9 Å². The quantitative estimate of drug-likeness (QED) is 0.760. The number of hydrogen-bond donors (Lipinski definition) is 1. The number of amides is 1. The number of likely N-dealkylation sites (tertiary alicyclic amines) is 1.